The Morgan fingerprint density at radius 2 is 0.324 bits per heavy atom. The van der Waals surface area contributed by atoms with Crippen molar-refractivity contribution >= 4 is 23.5 Å². The zero-order chi connectivity index (χ0) is 87.1. The van der Waals surface area contributed by atoms with Crippen molar-refractivity contribution in [2.75, 3.05) is 188 Å². The van der Waals surface area contributed by atoms with Crippen molar-refractivity contribution in [3.8, 4) is 0 Å². The van der Waals surface area contributed by atoms with Crippen LogP contribution >= 0.6 is 23.5 Å². The number of piperidine rings is 1. The van der Waals surface area contributed by atoms with Crippen LogP contribution in [0.3, 0.4) is 0 Å². The summed E-state index contributed by atoms with van der Waals surface area (Å²) in [7, 11) is 0. The van der Waals surface area contributed by atoms with E-state index in [1.165, 1.54) is 146 Å². The fourth-order valence-electron chi connectivity index (χ4n) is 5.87. The minimum absolute atomic E-state index is 0.500. The van der Waals surface area contributed by atoms with Crippen LogP contribution in [0.5, 0.6) is 0 Å². The van der Waals surface area contributed by atoms with E-state index in [1.807, 2.05) is 305 Å². The Bertz CT molecular complexity index is 507. The summed E-state index contributed by atoms with van der Waals surface area (Å²) in [5.74, 6) is 5.67. The summed E-state index contributed by atoms with van der Waals surface area (Å²) in [6.07, 6.45) is 21.9. The molecule has 0 atom stereocenters. The molecular formula is C89H226N4O10S2. The third-order valence-electron chi connectivity index (χ3n) is 9.47. The van der Waals surface area contributed by atoms with E-state index in [0.29, 0.717) is 13.6 Å². The van der Waals surface area contributed by atoms with Crippen LogP contribution < -0.4 is 21.3 Å². The quantitative estimate of drug-likeness (QED) is 0.183. The monoisotopic (exact) mass is 1580 g/mol. The average Bonchev–Trinajstić information content (AvgIpc) is 4.88. The Balaban J connectivity index is -0.0000000343. The molecule has 11 fully saturated rings. The Morgan fingerprint density at radius 3 is 0.429 bits per heavy atom. The van der Waals surface area contributed by atoms with Gasteiger partial charge in [-0.2, -0.15) is 23.5 Å². The van der Waals surface area contributed by atoms with Gasteiger partial charge in [-0.05, 0) is 139 Å². The molecule has 0 saturated carbocycles. The number of nitrogens with one attached hydrogen (secondary N) is 4. The lowest BCUT2D eigenvalue weighted by Gasteiger charge is -2.10. The van der Waals surface area contributed by atoms with Gasteiger partial charge in [-0.15, -0.1) is 0 Å². The third-order valence-corrected chi connectivity index (χ3v) is 11.8. The lowest BCUT2D eigenvalue weighted by molar-refractivity contribution is -0.0963. The maximum Gasteiger partial charge on any atom is 0.146 e. The summed E-state index contributed by atoms with van der Waals surface area (Å²) in [6.45, 7) is 111. The van der Waals surface area contributed by atoms with Gasteiger partial charge in [0, 0.05) is 46.1 Å². The van der Waals surface area contributed by atoms with Gasteiger partial charge >= 0.3 is 0 Å². The summed E-state index contributed by atoms with van der Waals surface area (Å²) >= 11 is 4.17. The van der Waals surface area contributed by atoms with Gasteiger partial charge < -0.3 is 63.3 Å². The summed E-state index contributed by atoms with van der Waals surface area (Å²) in [4.78, 5) is 0. The standard InChI is InChI=1S/C5H11N.C5H10O.C5H10S.C4H9NO.C4H9N.2C4H8O2.C4H8O.C4H8S.C3H7NO.C3H6O2.22C2H6/c3*1-2-4-6-5-3-1;1-3-6-4-2-5-1;1-2-4-5-3-1;1-2-6-4-3-5-1;1-2-5-4-6-3-1;2*1-2-4-5-3-1;2*1-2-5-3-4-1;22*1-2/h6H,1-5H2;2*1-5H2;5H,1-4H2;5H,1-4H2;2*1-4H2;2*1-4H2;4H,1-3H2;1-3H2;22*1-2H3. The third kappa shape index (κ3) is 291. The predicted octanol–water partition coefficient (Wildman–Crippen LogP) is 28.7. The zero-order valence-electron chi connectivity index (χ0n) is 82.7. The first-order valence-electron chi connectivity index (χ1n) is 46.3. The zero-order valence-corrected chi connectivity index (χ0v) is 84.4. The highest BCUT2D eigenvalue weighted by Crippen LogP contribution is 2.15. The van der Waals surface area contributed by atoms with Crippen LogP contribution in [-0.2, 0) is 47.4 Å². The van der Waals surface area contributed by atoms with E-state index in [9.17, 15) is 0 Å². The van der Waals surface area contributed by atoms with Crippen molar-refractivity contribution in [2.45, 2.75) is 407 Å². The van der Waals surface area contributed by atoms with E-state index in [-0.39, 0.29) is 0 Å². The smallest absolute Gasteiger partial charge is 0.146 e. The van der Waals surface area contributed by atoms with Gasteiger partial charge in [-0.25, -0.2) is 0 Å². The molecule has 0 spiro atoms. The Labute approximate surface area is 684 Å². The van der Waals surface area contributed by atoms with Crippen LogP contribution in [0.2, 0.25) is 0 Å². The highest BCUT2D eigenvalue weighted by Gasteiger charge is 2.00. The van der Waals surface area contributed by atoms with Gasteiger partial charge in [-0.3, -0.25) is 5.32 Å². The Hall–Kier alpha value is 0.140. The second kappa shape index (κ2) is 296. The van der Waals surface area contributed by atoms with E-state index < -0.39 is 0 Å². The molecule has 16 heteroatoms. The molecule has 11 aliphatic rings. The first-order valence-corrected chi connectivity index (χ1v) is 48.6. The molecule has 0 aromatic rings. The highest BCUT2D eigenvalue weighted by atomic mass is 32.2. The number of ether oxygens (including phenoxy) is 10. The van der Waals surface area contributed by atoms with E-state index in [1.54, 1.807) is 0 Å². The molecule has 0 unspecified atom stereocenters. The van der Waals surface area contributed by atoms with Crippen molar-refractivity contribution in [1.29, 1.82) is 0 Å². The van der Waals surface area contributed by atoms with Crippen LogP contribution in [0, 0.1) is 0 Å². The number of hydrogen-bond donors (Lipinski definition) is 4. The van der Waals surface area contributed by atoms with Crippen molar-refractivity contribution in [3.05, 3.63) is 0 Å². The number of thioether (sulfide) groups is 2. The maximum atomic E-state index is 5.07. The lowest BCUT2D eigenvalue weighted by Crippen LogP contribution is -2.30. The molecule has 0 aliphatic carbocycles. The molecule has 674 valence electrons. The molecule has 0 aromatic carbocycles. The Kier molecular flexibility index (Phi) is 466. The van der Waals surface area contributed by atoms with Gasteiger partial charge in [0.15, 0.2) is 0 Å². The molecule has 0 bridgehead atoms. The van der Waals surface area contributed by atoms with Crippen LogP contribution in [-0.4, -0.2) is 188 Å². The van der Waals surface area contributed by atoms with Crippen LogP contribution in [0.4, 0.5) is 0 Å². The van der Waals surface area contributed by atoms with Gasteiger partial charge in [0.05, 0.1) is 79.4 Å². The summed E-state index contributed by atoms with van der Waals surface area (Å²) in [6, 6.07) is 0. The van der Waals surface area contributed by atoms with Crippen LogP contribution in [0.15, 0.2) is 0 Å². The molecule has 0 aromatic heterocycles. The van der Waals surface area contributed by atoms with Crippen molar-refractivity contribution < 1.29 is 47.4 Å². The van der Waals surface area contributed by atoms with Gasteiger partial charge in [0.25, 0.3) is 0 Å². The molecule has 14 nitrogen and oxygen atoms in total. The molecule has 11 saturated heterocycles. The number of rotatable bonds is 0. The maximum absolute atomic E-state index is 5.07. The fourth-order valence-corrected chi connectivity index (χ4v) is 7.91. The largest absolute Gasteiger partial charge is 0.381 e. The van der Waals surface area contributed by atoms with Gasteiger partial charge in [-0.1, -0.05) is 317 Å². The van der Waals surface area contributed by atoms with Crippen molar-refractivity contribution in [2.24, 2.45) is 0 Å². The van der Waals surface area contributed by atoms with E-state index in [0.717, 1.165) is 132 Å². The summed E-state index contributed by atoms with van der Waals surface area (Å²) in [5, 5.41) is 12.7. The van der Waals surface area contributed by atoms with E-state index in [4.69, 9.17) is 47.4 Å². The second-order valence-corrected chi connectivity index (χ2v) is 17.6. The normalized spacial score (nSPS) is 15.2. The second-order valence-electron chi connectivity index (χ2n) is 15.1. The molecule has 11 heterocycles. The van der Waals surface area contributed by atoms with Crippen LogP contribution in [0.25, 0.3) is 0 Å². The van der Waals surface area contributed by atoms with Crippen LogP contribution in [0.1, 0.15) is 407 Å². The first-order chi connectivity index (χ1) is 52.5. The molecule has 11 rings (SSSR count). The number of morpholine rings is 1. The molecule has 105 heavy (non-hydrogen) atoms. The SMILES string of the molecule is C1CCNC1.C1CCNCC1.C1CCOC1.C1CCOCC1.C1CCSC1.C1CCSCC1.C1COCCN1.C1COCCO1.C1COCN1.C1COCO1.C1COCOC1.CC.CC.CC.CC.CC.CC.CC.CC.CC.CC.CC.CC.CC.CC.CC.CC.CC.CC.CC.CC.CC.CC. The predicted molar refractivity (Wildman–Crippen MR) is 503 cm³/mol. The van der Waals surface area contributed by atoms with E-state index >= 15 is 0 Å². The molecule has 0 radical (unpaired) electrons. The topological polar surface area (TPSA) is 140 Å². The summed E-state index contributed by atoms with van der Waals surface area (Å²) < 4.78 is 48.9. The first kappa shape index (κ1) is 165. The fraction of sp³-hybridized carbons (Fsp3) is 1.00. The minimum atomic E-state index is 0.500. The van der Waals surface area contributed by atoms with Gasteiger partial charge in [0.1, 0.15) is 13.6 Å². The molecule has 4 N–H and O–H groups in total. The van der Waals surface area contributed by atoms with Gasteiger partial charge in [0.2, 0.25) is 0 Å². The highest BCUT2D eigenvalue weighted by molar-refractivity contribution is 7.99. The van der Waals surface area contributed by atoms with Crippen molar-refractivity contribution in [3.63, 3.8) is 0 Å². The average molecular weight is 1580 g/mol. The molecule has 0 amide bonds. The lowest BCUT2D eigenvalue weighted by atomic mass is 10.2. The number of hydrogen-bond acceptors (Lipinski definition) is 16. The molecular weight excluding hydrogens is 1350 g/mol. The summed E-state index contributed by atoms with van der Waals surface area (Å²) in [5.41, 5.74) is 0. The van der Waals surface area contributed by atoms with E-state index in [2.05, 4.69) is 44.8 Å². The molecule has 11 aliphatic heterocycles. The minimum Gasteiger partial charge on any atom is -0.381 e. The van der Waals surface area contributed by atoms with Crippen molar-refractivity contribution in [1.82, 2.24) is 21.3 Å². The Morgan fingerprint density at radius 1 is 0.143 bits per heavy atom.